The second-order valence-corrected chi connectivity index (χ2v) is 7.57. The third kappa shape index (κ3) is 3.87. The summed E-state index contributed by atoms with van der Waals surface area (Å²) in [7, 11) is 4.71. The van der Waals surface area contributed by atoms with Crippen LogP contribution in [0, 0.1) is 0 Å². The molecule has 0 amide bonds. The van der Waals surface area contributed by atoms with E-state index in [-0.39, 0.29) is 6.10 Å². The van der Waals surface area contributed by atoms with Gasteiger partial charge < -0.3 is 38.5 Å². The van der Waals surface area contributed by atoms with E-state index in [1.165, 1.54) is 0 Å². The van der Waals surface area contributed by atoms with Crippen LogP contribution in [0.5, 0.6) is 17.2 Å². The van der Waals surface area contributed by atoms with Crippen LogP contribution in [-0.2, 0) is 0 Å². The van der Waals surface area contributed by atoms with Crippen LogP contribution in [0.25, 0.3) is 16.8 Å². The Morgan fingerprint density at radius 3 is 2.58 bits per heavy atom. The lowest BCUT2D eigenvalue weighted by atomic mass is 10.2. The van der Waals surface area contributed by atoms with Crippen molar-refractivity contribution in [1.29, 1.82) is 0 Å². The number of anilines is 3. The molecule has 1 unspecified atom stereocenters. The van der Waals surface area contributed by atoms with E-state index in [0.717, 1.165) is 5.69 Å². The van der Waals surface area contributed by atoms with Gasteiger partial charge in [-0.2, -0.15) is 4.98 Å². The number of ether oxygens (including phenoxy) is 3. The smallest absolute Gasteiger partial charge is 0.228 e. The van der Waals surface area contributed by atoms with Gasteiger partial charge in [0.2, 0.25) is 11.7 Å². The summed E-state index contributed by atoms with van der Waals surface area (Å²) in [6, 6.07) is 5.45. The molecule has 33 heavy (non-hydrogen) atoms. The zero-order valence-electron chi connectivity index (χ0n) is 18.5. The highest BCUT2D eigenvalue weighted by atomic mass is 16.5. The quantitative estimate of drug-likeness (QED) is 0.433. The van der Waals surface area contributed by atoms with Crippen molar-refractivity contribution in [3.8, 4) is 22.9 Å². The van der Waals surface area contributed by atoms with E-state index < -0.39 is 0 Å². The maximum Gasteiger partial charge on any atom is 0.228 e. The van der Waals surface area contributed by atoms with Crippen LogP contribution in [0.3, 0.4) is 0 Å². The molecule has 0 spiro atoms. The minimum Gasteiger partial charge on any atom is -0.493 e. The maximum absolute atomic E-state index is 9.89. The Balaban J connectivity index is 1.47. The Morgan fingerprint density at radius 2 is 1.91 bits per heavy atom. The minimum absolute atomic E-state index is 0.376. The summed E-state index contributed by atoms with van der Waals surface area (Å²) < 4.78 is 23.7. The predicted molar refractivity (Wildman–Crippen MR) is 121 cm³/mol. The fourth-order valence-electron chi connectivity index (χ4n) is 3.87. The lowest BCUT2D eigenvalue weighted by Crippen LogP contribution is -2.23. The first-order chi connectivity index (χ1) is 16.1. The molecule has 172 valence electrons. The molecule has 11 nitrogen and oxygen atoms in total. The van der Waals surface area contributed by atoms with Crippen molar-refractivity contribution in [2.24, 2.45) is 0 Å². The summed E-state index contributed by atoms with van der Waals surface area (Å²) in [5.74, 6) is 3.19. The van der Waals surface area contributed by atoms with Crippen LogP contribution in [0.2, 0.25) is 0 Å². The Bertz CT molecular complexity index is 1260. The summed E-state index contributed by atoms with van der Waals surface area (Å²) in [6.45, 7) is 1.19. The molecule has 3 aromatic heterocycles. The molecular weight excluding hydrogens is 428 g/mol. The van der Waals surface area contributed by atoms with Crippen molar-refractivity contribution in [3.05, 3.63) is 37.0 Å². The molecule has 0 saturated carbocycles. The first kappa shape index (κ1) is 20.9. The topological polar surface area (TPSA) is 120 Å². The first-order valence-corrected chi connectivity index (χ1v) is 10.4. The van der Waals surface area contributed by atoms with Crippen molar-refractivity contribution in [2.45, 2.75) is 12.5 Å². The fraction of sp³-hybridized carbons (Fsp3) is 0.318. The van der Waals surface area contributed by atoms with Gasteiger partial charge in [-0.15, -0.1) is 0 Å². The number of nitrogens with one attached hydrogen (secondary N) is 1. The highest BCUT2D eigenvalue weighted by Crippen LogP contribution is 2.39. The van der Waals surface area contributed by atoms with Crippen LogP contribution in [0.4, 0.5) is 17.6 Å². The van der Waals surface area contributed by atoms with Crippen LogP contribution in [-0.4, -0.2) is 65.1 Å². The molecule has 1 saturated heterocycles. The van der Waals surface area contributed by atoms with E-state index in [2.05, 4.69) is 20.3 Å². The standard InChI is InChI=1S/C22H24N6O5/c1-30-16-8-13(9-17(31-2)20(16)32-3)28-11-18(23-12-28)25-21-19-15(5-7-33-19)24-22(26-21)27-6-4-14(29)10-27/h5,7-9,11-12,14,29H,4,6,10H2,1-3H3,(H,24,25,26). The Morgan fingerprint density at radius 1 is 1.12 bits per heavy atom. The number of hydrogen-bond acceptors (Lipinski definition) is 10. The SMILES string of the molecule is COc1cc(-n2cnc(Nc3nc(N4CCC(O)C4)nc4ccoc34)c2)cc(OC)c1OC. The van der Waals surface area contributed by atoms with Crippen molar-refractivity contribution in [2.75, 3.05) is 44.6 Å². The summed E-state index contributed by atoms with van der Waals surface area (Å²) in [5.41, 5.74) is 1.98. The number of benzene rings is 1. The van der Waals surface area contributed by atoms with Crippen molar-refractivity contribution in [1.82, 2.24) is 19.5 Å². The third-order valence-electron chi connectivity index (χ3n) is 5.51. The average Bonchev–Trinajstić information content (AvgIpc) is 3.58. The van der Waals surface area contributed by atoms with Crippen LogP contribution in [0.1, 0.15) is 6.42 Å². The number of aliphatic hydroxyl groups is 1. The molecule has 4 aromatic rings. The van der Waals surface area contributed by atoms with E-state index >= 15 is 0 Å². The van der Waals surface area contributed by atoms with Gasteiger partial charge in [0, 0.05) is 31.3 Å². The van der Waals surface area contributed by atoms with Crippen molar-refractivity contribution >= 4 is 28.7 Å². The van der Waals surface area contributed by atoms with Gasteiger partial charge >= 0.3 is 0 Å². The number of furan rings is 1. The number of aliphatic hydroxyl groups excluding tert-OH is 1. The molecule has 1 aromatic carbocycles. The van der Waals surface area contributed by atoms with Gasteiger partial charge in [0.25, 0.3) is 0 Å². The molecule has 1 aliphatic heterocycles. The molecule has 11 heteroatoms. The second kappa shape index (κ2) is 8.51. The number of aromatic nitrogens is 4. The van der Waals surface area contributed by atoms with Gasteiger partial charge in [0.05, 0.1) is 45.6 Å². The number of methoxy groups -OCH3 is 3. The molecule has 2 N–H and O–H groups in total. The number of nitrogens with zero attached hydrogens (tertiary/aromatic N) is 5. The zero-order chi connectivity index (χ0) is 22.9. The Labute approximate surface area is 189 Å². The summed E-state index contributed by atoms with van der Waals surface area (Å²) >= 11 is 0. The summed E-state index contributed by atoms with van der Waals surface area (Å²) in [5, 5.41) is 13.1. The summed E-state index contributed by atoms with van der Waals surface area (Å²) in [6.07, 6.45) is 5.37. The largest absolute Gasteiger partial charge is 0.493 e. The Hall–Kier alpha value is -3.99. The summed E-state index contributed by atoms with van der Waals surface area (Å²) in [4.78, 5) is 15.6. The molecule has 1 aliphatic rings. The van der Waals surface area contributed by atoms with Crippen LogP contribution >= 0.6 is 0 Å². The normalized spacial score (nSPS) is 15.8. The monoisotopic (exact) mass is 452 g/mol. The van der Waals surface area contributed by atoms with Crippen molar-refractivity contribution < 1.29 is 23.7 Å². The number of β-amino-alcohol motifs (C(OH)–C–C–N with tert-alkyl or cyclic N) is 1. The highest BCUT2D eigenvalue weighted by molar-refractivity contribution is 5.86. The van der Waals surface area contributed by atoms with Gasteiger partial charge in [0.1, 0.15) is 17.7 Å². The highest BCUT2D eigenvalue weighted by Gasteiger charge is 2.24. The average molecular weight is 452 g/mol. The fourth-order valence-corrected chi connectivity index (χ4v) is 3.87. The van der Waals surface area contributed by atoms with Crippen LogP contribution < -0.4 is 24.4 Å². The van der Waals surface area contributed by atoms with E-state index in [0.29, 0.717) is 65.4 Å². The molecule has 0 aliphatic carbocycles. The van der Waals surface area contributed by atoms with Gasteiger partial charge in [-0.3, -0.25) is 0 Å². The van der Waals surface area contributed by atoms with E-state index in [1.54, 1.807) is 40.0 Å². The van der Waals surface area contributed by atoms with Gasteiger partial charge in [0.15, 0.2) is 22.9 Å². The zero-order valence-corrected chi connectivity index (χ0v) is 18.5. The molecular formula is C22H24N6O5. The lowest BCUT2D eigenvalue weighted by molar-refractivity contribution is 0.198. The molecule has 5 rings (SSSR count). The van der Waals surface area contributed by atoms with E-state index in [1.807, 2.05) is 27.8 Å². The molecule has 0 radical (unpaired) electrons. The van der Waals surface area contributed by atoms with E-state index in [9.17, 15) is 5.11 Å². The number of imidazole rings is 1. The van der Waals surface area contributed by atoms with Gasteiger partial charge in [-0.25, -0.2) is 9.97 Å². The lowest BCUT2D eigenvalue weighted by Gasteiger charge is -2.16. The number of rotatable bonds is 7. The molecule has 1 fully saturated rings. The predicted octanol–water partition coefficient (Wildman–Crippen LogP) is 2.75. The van der Waals surface area contributed by atoms with Gasteiger partial charge in [-0.1, -0.05) is 0 Å². The maximum atomic E-state index is 9.89. The first-order valence-electron chi connectivity index (χ1n) is 10.4. The van der Waals surface area contributed by atoms with Gasteiger partial charge in [-0.05, 0) is 6.42 Å². The molecule has 4 heterocycles. The molecule has 0 bridgehead atoms. The second-order valence-electron chi connectivity index (χ2n) is 7.57. The van der Waals surface area contributed by atoms with Crippen molar-refractivity contribution in [3.63, 3.8) is 0 Å². The van der Waals surface area contributed by atoms with E-state index in [4.69, 9.17) is 18.6 Å². The minimum atomic E-state index is -0.376. The molecule has 1 atom stereocenters. The van der Waals surface area contributed by atoms with Crippen LogP contribution in [0.15, 0.2) is 41.4 Å². The number of fused-ring (bicyclic) bond motifs is 1. The number of hydrogen-bond donors (Lipinski definition) is 2. The Kier molecular flexibility index (Phi) is 5.38. The third-order valence-corrected chi connectivity index (χ3v) is 5.51.